The Morgan fingerprint density at radius 2 is 0.867 bits per heavy atom. The smallest absolute Gasteiger partial charge is 0.303 e. The van der Waals surface area contributed by atoms with Crippen LogP contribution in [0.3, 0.4) is 0 Å². The van der Waals surface area contributed by atoms with Gasteiger partial charge in [-0.2, -0.15) is 0 Å². The Morgan fingerprint density at radius 3 is 1.00 bits per heavy atom. The van der Waals surface area contributed by atoms with E-state index >= 15 is 0 Å². The SMILES string of the molecule is C=C[N+]1(C)[Si][N+](C)(C=C)[Si][N+](C)(C=C)[Si]1. The summed E-state index contributed by atoms with van der Waals surface area (Å²) in [6.45, 7) is 11.9. The predicted molar refractivity (Wildman–Crippen MR) is 66.4 cm³/mol. The van der Waals surface area contributed by atoms with E-state index in [0.717, 1.165) is 41.0 Å². The first-order chi connectivity index (χ1) is 6.80. The number of rotatable bonds is 3. The fourth-order valence-corrected chi connectivity index (χ4v) is 9.86. The van der Waals surface area contributed by atoms with Gasteiger partial charge < -0.3 is 11.4 Å². The second-order valence-corrected chi connectivity index (χ2v) is 11.6. The zero-order valence-corrected chi connectivity index (χ0v) is 12.7. The molecule has 78 valence electrons. The average Bonchev–Trinajstić information content (AvgIpc) is 2.16. The van der Waals surface area contributed by atoms with E-state index in [1.807, 2.05) is 18.6 Å². The Kier molecular flexibility index (Phi) is 3.39. The Hall–Kier alpha value is -0.249. The summed E-state index contributed by atoms with van der Waals surface area (Å²) in [5, 5.41) is 0. The zero-order chi connectivity index (χ0) is 11.7. The molecule has 1 saturated heterocycles. The van der Waals surface area contributed by atoms with Crippen molar-refractivity contribution in [2.24, 2.45) is 0 Å². The number of quaternary nitrogens is 3. The molecule has 0 N–H and O–H groups in total. The van der Waals surface area contributed by atoms with Gasteiger partial charge in [-0.25, -0.2) is 0 Å². The van der Waals surface area contributed by atoms with Crippen molar-refractivity contribution >= 4 is 29.5 Å². The van der Waals surface area contributed by atoms with E-state index < -0.39 is 0 Å². The Morgan fingerprint density at radius 1 is 0.667 bits per heavy atom. The molecule has 0 atom stereocenters. The lowest BCUT2D eigenvalue weighted by molar-refractivity contribution is -0.856. The molecule has 1 rings (SSSR count). The van der Waals surface area contributed by atoms with E-state index in [2.05, 4.69) is 40.9 Å². The van der Waals surface area contributed by atoms with Gasteiger partial charge in [0.25, 0.3) is 0 Å². The lowest BCUT2D eigenvalue weighted by Gasteiger charge is -2.41. The van der Waals surface area contributed by atoms with Gasteiger partial charge in [-0.05, 0) is 19.7 Å². The summed E-state index contributed by atoms with van der Waals surface area (Å²) in [4.78, 5) is 0. The molecule has 15 heavy (non-hydrogen) atoms. The second kappa shape index (κ2) is 3.96. The van der Waals surface area contributed by atoms with Crippen molar-refractivity contribution in [1.29, 1.82) is 0 Å². The Labute approximate surface area is 101 Å². The Bertz CT molecular complexity index is 249. The van der Waals surface area contributed by atoms with Crippen LogP contribution in [0.1, 0.15) is 0 Å². The van der Waals surface area contributed by atoms with E-state index in [1.54, 1.807) is 0 Å². The number of nitrogens with zero attached hydrogens (tertiary/aromatic N) is 3. The van der Waals surface area contributed by atoms with Gasteiger partial charge in [0.05, 0.1) is 18.6 Å². The van der Waals surface area contributed by atoms with Crippen LogP contribution in [0, 0.1) is 0 Å². The van der Waals surface area contributed by atoms with Crippen LogP contribution in [0.5, 0.6) is 0 Å². The summed E-state index contributed by atoms with van der Waals surface area (Å²) in [6, 6.07) is 0. The third kappa shape index (κ3) is 2.65. The molecule has 0 aromatic heterocycles. The summed E-state index contributed by atoms with van der Waals surface area (Å²) in [5.41, 5.74) is 0. The molecule has 3 nitrogen and oxygen atoms in total. The van der Waals surface area contributed by atoms with Gasteiger partial charge >= 0.3 is 29.5 Å². The predicted octanol–water partition coefficient (Wildman–Crippen LogP) is 0.373. The first-order valence-electron chi connectivity index (χ1n) is 4.68. The molecular weight excluding hydrogens is 234 g/mol. The molecule has 1 aliphatic rings. The van der Waals surface area contributed by atoms with E-state index in [1.165, 1.54) is 0 Å². The fraction of sp³-hybridized carbons (Fsp3) is 0.333. The van der Waals surface area contributed by atoms with Gasteiger partial charge in [0.15, 0.2) is 0 Å². The Balaban J connectivity index is 3.07. The van der Waals surface area contributed by atoms with Crippen molar-refractivity contribution < 1.29 is 11.4 Å². The van der Waals surface area contributed by atoms with E-state index in [4.69, 9.17) is 0 Å². The molecule has 0 aromatic carbocycles. The standard InChI is InChI=1S/C9H18N3Si3/c1-7-10(4)13-11(5,8-2)15-12(6,9-3)14-10/h7-9H,1-3H2,4-6H3/q+3. The largest absolute Gasteiger partial charge is 0.740 e. The minimum Gasteiger partial charge on any atom is -0.303 e. The minimum absolute atomic E-state index is 0.760. The van der Waals surface area contributed by atoms with Crippen molar-refractivity contribution in [1.82, 2.24) is 0 Å². The van der Waals surface area contributed by atoms with Crippen LogP contribution in [-0.2, 0) is 0 Å². The highest BCUT2D eigenvalue weighted by atomic mass is 28.4. The molecule has 6 heteroatoms. The van der Waals surface area contributed by atoms with Gasteiger partial charge in [-0.3, -0.25) is 0 Å². The highest BCUT2D eigenvalue weighted by molar-refractivity contribution is 6.47. The van der Waals surface area contributed by atoms with Crippen LogP contribution in [0.15, 0.2) is 38.3 Å². The van der Waals surface area contributed by atoms with E-state index in [0.29, 0.717) is 0 Å². The topological polar surface area (TPSA) is 0 Å². The molecule has 1 heterocycles. The van der Waals surface area contributed by atoms with Gasteiger partial charge in [-0.15, -0.1) is 0 Å². The molecule has 0 spiro atoms. The molecule has 0 saturated carbocycles. The van der Waals surface area contributed by atoms with Crippen molar-refractivity contribution in [3.8, 4) is 0 Å². The normalized spacial score (nSPS) is 45.8. The number of hydrogen-bond acceptors (Lipinski definition) is 0. The maximum atomic E-state index is 3.96. The van der Waals surface area contributed by atoms with E-state index in [9.17, 15) is 0 Å². The quantitative estimate of drug-likeness (QED) is 0.637. The summed E-state index contributed by atoms with van der Waals surface area (Å²) < 4.78 is 2.70. The molecule has 6 radical (unpaired) electrons. The van der Waals surface area contributed by atoms with Crippen LogP contribution in [0.2, 0.25) is 0 Å². The minimum atomic E-state index is 0.760. The molecule has 1 aliphatic heterocycles. The summed E-state index contributed by atoms with van der Waals surface area (Å²) >= 11 is 0. The molecule has 0 bridgehead atoms. The molecule has 0 unspecified atom stereocenters. The molecule has 0 aliphatic carbocycles. The van der Waals surface area contributed by atoms with Crippen LogP contribution in [0.25, 0.3) is 0 Å². The van der Waals surface area contributed by atoms with Crippen molar-refractivity contribution in [3.05, 3.63) is 38.3 Å². The molecule has 1 fully saturated rings. The van der Waals surface area contributed by atoms with Gasteiger partial charge in [-0.1, -0.05) is 0 Å². The lowest BCUT2D eigenvalue weighted by Crippen LogP contribution is -2.77. The third-order valence-corrected chi connectivity index (χ3v) is 7.73. The maximum absolute atomic E-state index is 3.96. The van der Waals surface area contributed by atoms with Crippen LogP contribution in [0.4, 0.5) is 0 Å². The third-order valence-electron chi connectivity index (χ3n) is 2.34. The van der Waals surface area contributed by atoms with Crippen molar-refractivity contribution in [3.63, 3.8) is 0 Å². The average molecular weight is 253 g/mol. The summed E-state index contributed by atoms with van der Waals surface area (Å²) in [5.74, 6) is 0. The van der Waals surface area contributed by atoms with Crippen molar-refractivity contribution in [2.45, 2.75) is 0 Å². The van der Waals surface area contributed by atoms with E-state index in [-0.39, 0.29) is 0 Å². The first-order valence-corrected chi connectivity index (χ1v) is 7.37. The molecule has 0 aromatic rings. The molecular formula is C9H18N3Si3+3. The lowest BCUT2D eigenvalue weighted by atomic mass is 11.0. The summed E-state index contributed by atoms with van der Waals surface area (Å²) in [6.07, 6.45) is 6.13. The van der Waals surface area contributed by atoms with Gasteiger partial charge in [0.2, 0.25) is 0 Å². The van der Waals surface area contributed by atoms with Gasteiger partial charge in [0.1, 0.15) is 0 Å². The van der Waals surface area contributed by atoms with Gasteiger partial charge in [0, 0.05) is 21.1 Å². The monoisotopic (exact) mass is 252 g/mol. The summed E-state index contributed by atoms with van der Waals surface area (Å²) in [7, 11) is 8.97. The molecule has 0 amide bonds. The fourth-order valence-electron chi connectivity index (χ4n) is 1.61. The second-order valence-electron chi connectivity index (χ2n) is 4.07. The zero-order valence-electron chi connectivity index (χ0n) is 9.70. The van der Waals surface area contributed by atoms with Crippen LogP contribution in [-0.4, -0.2) is 62.1 Å². The first kappa shape index (κ1) is 12.8. The highest BCUT2D eigenvalue weighted by Crippen LogP contribution is 2.20. The highest BCUT2D eigenvalue weighted by Gasteiger charge is 2.63. The maximum Gasteiger partial charge on any atom is 0.740 e. The van der Waals surface area contributed by atoms with Crippen molar-refractivity contribution in [2.75, 3.05) is 21.1 Å². The van der Waals surface area contributed by atoms with Crippen LogP contribution < -0.4 is 0 Å². The van der Waals surface area contributed by atoms with Crippen LogP contribution >= 0.6 is 0 Å². The number of hydrogen-bond donors (Lipinski definition) is 0.